The van der Waals surface area contributed by atoms with Crippen LogP contribution in [-0.2, 0) is 16.0 Å². The Morgan fingerprint density at radius 3 is 2.90 bits per heavy atom. The highest BCUT2D eigenvalue weighted by molar-refractivity contribution is 7.15. The molecule has 110 valence electrons. The number of esters is 1. The highest BCUT2D eigenvalue weighted by Gasteiger charge is 2.36. The van der Waals surface area contributed by atoms with Gasteiger partial charge in [-0.05, 0) is 45.4 Å². The third-order valence-corrected chi connectivity index (χ3v) is 5.72. The molecule has 0 aliphatic heterocycles. The van der Waals surface area contributed by atoms with Crippen LogP contribution < -0.4 is 4.90 Å². The molecule has 1 heterocycles. The van der Waals surface area contributed by atoms with Crippen LogP contribution in [0.1, 0.15) is 49.6 Å². The second-order valence-corrected chi connectivity index (χ2v) is 6.90. The third kappa shape index (κ3) is 2.43. The van der Waals surface area contributed by atoms with Crippen LogP contribution in [0.3, 0.4) is 0 Å². The van der Waals surface area contributed by atoms with E-state index < -0.39 is 0 Å². The molecular weight excluding hydrogens is 272 g/mol. The lowest BCUT2D eigenvalue weighted by molar-refractivity contribution is -0.145. The van der Waals surface area contributed by atoms with Gasteiger partial charge in [-0.3, -0.25) is 4.79 Å². The van der Waals surface area contributed by atoms with Gasteiger partial charge in [0.25, 0.3) is 0 Å². The topological polar surface area (TPSA) is 42.4 Å². The smallest absolute Gasteiger partial charge is 0.315 e. The van der Waals surface area contributed by atoms with E-state index >= 15 is 0 Å². The number of fused-ring (bicyclic) bond motifs is 1. The van der Waals surface area contributed by atoms with Gasteiger partial charge in [-0.25, -0.2) is 4.98 Å². The first-order valence-corrected chi connectivity index (χ1v) is 8.32. The molecule has 20 heavy (non-hydrogen) atoms. The number of anilines is 1. The van der Waals surface area contributed by atoms with Crippen molar-refractivity contribution in [2.75, 3.05) is 18.6 Å². The van der Waals surface area contributed by atoms with Gasteiger partial charge >= 0.3 is 5.97 Å². The second kappa shape index (κ2) is 5.35. The fraction of sp³-hybridized carbons (Fsp3) is 0.733. The molecule has 0 bridgehead atoms. The van der Waals surface area contributed by atoms with Crippen LogP contribution in [0, 0.1) is 5.92 Å². The summed E-state index contributed by atoms with van der Waals surface area (Å²) in [5, 5.41) is 1.06. The molecule has 5 heteroatoms. The summed E-state index contributed by atoms with van der Waals surface area (Å²) in [5.41, 5.74) is 0.971. The number of carbonyl (C=O) groups excluding carboxylic acids is 1. The Bertz CT molecular complexity index is 510. The minimum atomic E-state index is -0.139. The minimum absolute atomic E-state index is 0.110. The normalized spacial score (nSPS) is 22.4. The van der Waals surface area contributed by atoms with E-state index in [9.17, 15) is 4.79 Å². The molecule has 2 atom stereocenters. The zero-order chi connectivity index (χ0) is 14.3. The predicted octanol–water partition coefficient (Wildman–Crippen LogP) is 2.97. The van der Waals surface area contributed by atoms with Crippen molar-refractivity contribution in [1.82, 2.24) is 4.98 Å². The van der Waals surface area contributed by atoms with Gasteiger partial charge < -0.3 is 9.64 Å². The fourth-order valence-electron chi connectivity index (χ4n) is 2.91. The van der Waals surface area contributed by atoms with Crippen LogP contribution in [0.2, 0.25) is 0 Å². The van der Waals surface area contributed by atoms with Crippen molar-refractivity contribution in [2.45, 2.75) is 51.5 Å². The van der Waals surface area contributed by atoms with E-state index in [2.05, 4.69) is 18.9 Å². The summed E-state index contributed by atoms with van der Waals surface area (Å²) in [4.78, 5) is 20.3. The van der Waals surface area contributed by atoms with Crippen molar-refractivity contribution in [1.29, 1.82) is 0 Å². The minimum Gasteiger partial charge on any atom is -0.465 e. The fourth-order valence-corrected chi connectivity index (χ4v) is 4.09. The Balaban J connectivity index is 1.77. The Hall–Kier alpha value is -1.10. The summed E-state index contributed by atoms with van der Waals surface area (Å²) in [6.45, 7) is 4.57. The lowest BCUT2D eigenvalue weighted by Gasteiger charge is -2.24. The summed E-state index contributed by atoms with van der Waals surface area (Å²) in [7, 11) is 2.12. The van der Waals surface area contributed by atoms with Gasteiger partial charge in [-0.2, -0.15) is 0 Å². The molecule has 2 aliphatic rings. The standard InChI is InChI=1S/C15H22N2O2S/c1-4-19-14(18)11-7-8-12-13(11)16-15(20-12)17(3)9(2)10-5-6-10/h9-11H,4-8H2,1-3H3. The van der Waals surface area contributed by atoms with Crippen LogP contribution in [0.15, 0.2) is 0 Å². The average Bonchev–Trinajstić information content (AvgIpc) is 3.07. The first kappa shape index (κ1) is 13.9. The van der Waals surface area contributed by atoms with Crippen LogP contribution in [0.25, 0.3) is 0 Å². The molecule has 0 saturated heterocycles. The van der Waals surface area contributed by atoms with E-state index in [-0.39, 0.29) is 11.9 Å². The Labute approximate surface area is 124 Å². The van der Waals surface area contributed by atoms with Crippen molar-refractivity contribution >= 4 is 22.4 Å². The monoisotopic (exact) mass is 294 g/mol. The van der Waals surface area contributed by atoms with Crippen LogP contribution in [0.5, 0.6) is 0 Å². The SMILES string of the molecule is CCOC(=O)C1CCc2sc(N(C)C(C)C3CC3)nc21. The molecule has 0 aromatic carbocycles. The quantitative estimate of drug-likeness (QED) is 0.783. The van der Waals surface area contributed by atoms with E-state index in [0.29, 0.717) is 12.6 Å². The first-order valence-electron chi connectivity index (χ1n) is 7.50. The zero-order valence-electron chi connectivity index (χ0n) is 12.4. The van der Waals surface area contributed by atoms with Gasteiger partial charge in [-0.1, -0.05) is 0 Å². The largest absolute Gasteiger partial charge is 0.465 e. The van der Waals surface area contributed by atoms with Crippen molar-refractivity contribution in [2.24, 2.45) is 5.92 Å². The van der Waals surface area contributed by atoms with Gasteiger partial charge in [0.15, 0.2) is 5.13 Å². The molecule has 1 fully saturated rings. The summed E-state index contributed by atoms with van der Waals surface area (Å²) in [6, 6.07) is 0.544. The number of aromatic nitrogens is 1. The molecule has 2 unspecified atom stereocenters. The van der Waals surface area contributed by atoms with E-state index in [0.717, 1.165) is 29.6 Å². The van der Waals surface area contributed by atoms with Gasteiger partial charge in [-0.15, -0.1) is 11.3 Å². The number of hydrogen-bond acceptors (Lipinski definition) is 5. The molecule has 0 spiro atoms. The number of rotatable bonds is 5. The van der Waals surface area contributed by atoms with E-state index in [4.69, 9.17) is 9.72 Å². The maximum Gasteiger partial charge on any atom is 0.315 e. The molecular formula is C15H22N2O2S. The molecule has 3 rings (SSSR count). The zero-order valence-corrected chi connectivity index (χ0v) is 13.2. The van der Waals surface area contributed by atoms with Crippen LogP contribution in [-0.4, -0.2) is 30.6 Å². The van der Waals surface area contributed by atoms with Gasteiger partial charge in [0.2, 0.25) is 0 Å². The van der Waals surface area contributed by atoms with E-state index in [1.807, 2.05) is 6.92 Å². The third-order valence-electron chi connectivity index (χ3n) is 4.49. The molecule has 2 aliphatic carbocycles. The highest BCUT2D eigenvalue weighted by atomic mass is 32.1. The summed E-state index contributed by atoms with van der Waals surface area (Å²) < 4.78 is 5.16. The lowest BCUT2D eigenvalue weighted by atomic mass is 10.1. The molecule has 0 N–H and O–H groups in total. The van der Waals surface area contributed by atoms with Gasteiger partial charge in [0, 0.05) is 18.0 Å². The second-order valence-electron chi connectivity index (χ2n) is 5.84. The van der Waals surface area contributed by atoms with E-state index in [1.54, 1.807) is 11.3 Å². The summed E-state index contributed by atoms with van der Waals surface area (Å²) in [6.07, 6.45) is 4.49. The molecule has 4 nitrogen and oxygen atoms in total. The number of ether oxygens (including phenoxy) is 1. The Morgan fingerprint density at radius 1 is 1.50 bits per heavy atom. The van der Waals surface area contributed by atoms with Crippen molar-refractivity contribution in [3.8, 4) is 0 Å². The molecule has 1 saturated carbocycles. The number of nitrogens with zero attached hydrogens (tertiary/aromatic N) is 2. The van der Waals surface area contributed by atoms with Gasteiger partial charge in [0.1, 0.15) is 5.92 Å². The number of aryl methyl sites for hydroxylation is 1. The molecule has 1 aromatic heterocycles. The Kier molecular flexibility index (Phi) is 3.71. The summed E-state index contributed by atoms with van der Waals surface area (Å²) >= 11 is 1.75. The highest BCUT2D eigenvalue weighted by Crippen LogP contribution is 2.42. The first-order chi connectivity index (χ1) is 9.61. The van der Waals surface area contributed by atoms with E-state index in [1.165, 1.54) is 17.7 Å². The number of carbonyl (C=O) groups is 1. The van der Waals surface area contributed by atoms with Gasteiger partial charge in [0.05, 0.1) is 12.3 Å². The van der Waals surface area contributed by atoms with Crippen molar-refractivity contribution in [3.63, 3.8) is 0 Å². The summed E-state index contributed by atoms with van der Waals surface area (Å²) in [5.74, 6) is 0.570. The van der Waals surface area contributed by atoms with Crippen LogP contribution in [0.4, 0.5) is 5.13 Å². The number of thiazole rings is 1. The number of hydrogen-bond donors (Lipinski definition) is 0. The lowest BCUT2D eigenvalue weighted by Crippen LogP contribution is -2.30. The maximum atomic E-state index is 12.0. The molecule has 1 aromatic rings. The average molecular weight is 294 g/mol. The molecule has 0 amide bonds. The predicted molar refractivity (Wildman–Crippen MR) is 80.4 cm³/mol. The Morgan fingerprint density at radius 2 is 2.25 bits per heavy atom. The van der Waals surface area contributed by atoms with Crippen LogP contribution >= 0.6 is 11.3 Å². The van der Waals surface area contributed by atoms with Crippen molar-refractivity contribution < 1.29 is 9.53 Å². The maximum absolute atomic E-state index is 12.0. The van der Waals surface area contributed by atoms with Crippen molar-refractivity contribution in [3.05, 3.63) is 10.6 Å². The molecule has 0 radical (unpaired) electrons.